The van der Waals surface area contributed by atoms with Crippen molar-refractivity contribution in [1.82, 2.24) is 14.5 Å². The highest BCUT2D eigenvalue weighted by Gasteiger charge is 2.53. The van der Waals surface area contributed by atoms with E-state index in [9.17, 15) is 15.3 Å². The number of nitrogens with zero attached hydrogens (tertiary/aromatic N) is 3. The van der Waals surface area contributed by atoms with E-state index in [-0.39, 0.29) is 6.61 Å². The van der Waals surface area contributed by atoms with Gasteiger partial charge in [-0.3, -0.25) is 0 Å². The second kappa shape index (κ2) is 5.00. The second-order valence-corrected chi connectivity index (χ2v) is 6.08. The maximum atomic E-state index is 10.7. The molecule has 2 aromatic heterocycles. The number of anilines is 1. The summed E-state index contributed by atoms with van der Waals surface area (Å²) in [5.74, 6) is 0.714. The van der Waals surface area contributed by atoms with Crippen LogP contribution < -0.4 is 5.32 Å². The van der Waals surface area contributed by atoms with Gasteiger partial charge in [-0.05, 0) is 6.92 Å². The van der Waals surface area contributed by atoms with E-state index in [1.54, 1.807) is 4.57 Å². The van der Waals surface area contributed by atoms with Crippen molar-refractivity contribution in [3.63, 3.8) is 0 Å². The van der Waals surface area contributed by atoms with E-state index in [4.69, 9.17) is 4.74 Å². The maximum Gasteiger partial charge on any atom is 0.167 e. The second-order valence-electron chi connectivity index (χ2n) is 6.08. The predicted molar refractivity (Wildman–Crippen MR) is 82.7 cm³/mol. The van der Waals surface area contributed by atoms with E-state index in [1.165, 1.54) is 13.3 Å². The Bertz CT molecular complexity index is 785. The van der Waals surface area contributed by atoms with Crippen molar-refractivity contribution in [3.05, 3.63) is 24.2 Å². The first-order valence-electron chi connectivity index (χ1n) is 7.46. The van der Waals surface area contributed by atoms with Crippen molar-refractivity contribution >= 4 is 22.9 Å². The van der Waals surface area contributed by atoms with Crippen LogP contribution in [-0.2, 0) is 4.74 Å². The van der Waals surface area contributed by atoms with Gasteiger partial charge in [-0.1, -0.05) is 12.2 Å². The number of aromatic nitrogens is 3. The summed E-state index contributed by atoms with van der Waals surface area (Å²) < 4.78 is 7.38. The van der Waals surface area contributed by atoms with Crippen LogP contribution in [0.5, 0.6) is 0 Å². The lowest BCUT2D eigenvalue weighted by Gasteiger charge is -2.27. The molecule has 4 N–H and O–H groups in total. The molecule has 23 heavy (non-hydrogen) atoms. The molecule has 0 aromatic carbocycles. The van der Waals surface area contributed by atoms with Crippen LogP contribution >= 0.6 is 0 Å². The fourth-order valence-electron chi connectivity index (χ4n) is 3.28. The van der Waals surface area contributed by atoms with Gasteiger partial charge in [0.15, 0.2) is 6.23 Å². The van der Waals surface area contributed by atoms with Gasteiger partial charge in [-0.25, -0.2) is 9.97 Å². The number of ether oxygens (including phenoxy) is 1. The first kappa shape index (κ1) is 14.6. The average molecular weight is 318 g/mol. The van der Waals surface area contributed by atoms with Gasteiger partial charge in [0.1, 0.15) is 35.6 Å². The van der Waals surface area contributed by atoms with Crippen LogP contribution in [0.2, 0.25) is 0 Å². The quantitative estimate of drug-likeness (QED) is 0.610. The Balaban J connectivity index is 1.90. The van der Waals surface area contributed by atoms with Crippen LogP contribution in [0.15, 0.2) is 18.6 Å². The van der Waals surface area contributed by atoms with E-state index < -0.39 is 24.0 Å². The van der Waals surface area contributed by atoms with Crippen molar-refractivity contribution in [2.75, 3.05) is 18.5 Å². The zero-order chi connectivity index (χ0) is 16.2. The molecule has 1 fully saturated rings. The highest BCUT2D eigenvalue weighted by atomic mass is 16.6. The number of hydrogen-bond donors (Lipinski definition) is 4. The molecule has 2 aliphatic heterocycles. The number of hydrogen-bond acceptors (Lipinski definition) is 7. The van der Waals surface area contributed by atoms with Gasteiger partial charge in [0, 0.05) is 18.3 Å². The molecular weight excluding hydrogens is 300 g/mol. The molecule has 0 saturated carbocycles. The first-order chi connectivity index (χ1) is 11.0. The van der Waals surface area contributed by atoms with Gasteiger partial charge in [0.2, 0.25) is 0 Å². The topological polar surface area (TPSA) is 113 Å². The normalized spacial score (nSPS) is 33.0. The molecule has 8 nitrogen and oxygen atoms in total. The minimum absolute atomic E-state index is 0.373. The highest BCUT2D eigenvalue weighted by molar-refractivity contribution is 5.96. The first-order valence-corrected chi connectivity index (χ1v) is 7.46. The maximum absolute atomic E-state index is 10.7. The number of aliphatic hydroxyl groups excluding tert-OH is 2. The van der Waals surface area contributed by atoms with Gasteiger partial charge in [0.25, 0.3) is 0 Å². The molecule has 1 saturated heterocycles. The molecule has 4 heterocycles. The van der Waals surface area contributed by atoms with Crippen LogP contribution in [0, 0.1) is 0 Å². The highest BCUT2D eigenvalue weighted by Crippen LogP contribution is 2.41. The molecule has 4 atom stereocenters. The molecule has 0 aliphatic carbocycles. The lowest BCUT2D eigenvalue weighted by molar-refractivity contribution is -0.0948. The predicted octanol–water partition coefficient (Wildman–Crippen LogP) is -0.128. The Morgan fingerprint density at radius 3 is 3.04 bits per heavy atom. The van der Waals surface area contributed by atoms with Crippen molar-refractivity contribution < 1.29 is 20.1 Å². The summed E-state index contributed by atoms with van der Waals surface area (Å²) in [6.45, 7) is 1.79. The third-order valence-corrected chi connectivity index (χ3v) is 4.51. The number of rotatable bonds is 2. The van der Waals surface area contributed by atoms with E-state index in [1.807, 2.05) is 18.3 Å². The average Bonchev–Trinajstić information content (AvgIpc) is 2.90. The molecular formula is C15H18N4O4. The summed E-state index contributed by atoms with van der Waals surface area (Å²) >= 11 is 0. The monoisotopic (exact) mass is 318 g/mol. The lowest BCUT2D eigenvalue weighted by Crippen LogP contribution is -2.44. The van der Waals surface area contributed by atoms with Gasteiger partial charge >= 0.3 is 0 Å². The minimum atomic E-state index is -1.55. The van der Waals surface area contributed by atoms with Crippen molar-refractivity contribution in [3.8, 4) is 0 Å². The molecule has 0 bridgehead atoms. The fraction of sp³-hybridized carbons (Fsp3) is 0.467. The Hall–Kier alpha value is -2.00. The summed E-state index contributed by atoms with van der Waals surface area (Å²) in [5, 5.41) is 34.2. The third-order valence-electron chi connectivity index (χ3n) is 4.51. The Morgan fingerprint density at radius 1 is 1.48 bits per heavy atom. The molecule has 0 spiro atoms. The van der Waals surface area contributed by atoms with E-state index in [0.717, 1.165) is 10.9 Å². The Morgan fingerprint density at radius 2 is 2.30 bits per heavy atom. The van der Waals surface area contributed by atoms with Crippen molar-refractivity contribution in [2.24, 2.45) is 0 Å². The molecule has 4 rings (SSSR count). The number of aliphatic hydroxyl groups is 3. The molecule has 2 aliphatic rings. The van der Waals surface area contributed by atoms with Crippen LogP contribution in [0.1, 0.15) is 18.7 Å². The minimum Gasteiger partial charge on any atom is -0.394 e. The third kappa shape index (κ3) is 1.99. The molecule has 0 radical (unpaired) electrons. The van der Waals surface area contributed by atoms with Gasteiger partial charge in [-0.2, -0.15) is 0 Å². The van der Waals surface area contributed by atoms with E-state index in [2.05, 4.69) is 15.3 Å². The van der Waals surface area contributed by atoms with E-state index >= 15 is 0 Å². The van der Waals surface area contributed by atoms with Crippen molar-refractivity contribution in [2.45, 2.75) is 31.0 Å². The lowest BCUT2D eigenvalue weighted by atomic mass is 9.96. The largest absolute Gasteiger partial charge is 0.394 e. The summed E-state index contributed by atoms with van der Waals surface area (Å²) in [4.78, 5) is 8.57. The van der Waals surface area contributed by atoms with Crippen LogP contribution in [-0.4, -0.2) is 60.8 Å². The summed E-state index contributed by atoms with van der Waals surface area (Å²) in [5.41, 5.74) is -0.0507. The van der Waals surface area contributed by atoms with Crippen LogP contribution in [0.3, 0.4) is 0 Å². The summed E-state index contributed by atoms with van der Waals surface area (Å²) in [6.07, 6.45) is 4.29. The Kier molecular flexibility index (Phi) is 3.17. The molecule has 2 aromatic rings. The summed E-state index contributed by atoms with van der Waals surface area (Å²) in [6, 6.07) is 0. The molecule has 0 amide bonds. The number of nitrogens with one attached hydrogen (secondary N) is 1. The molecule has 8 heteroatoms. The van der Waals surface area contributed by atoms with Gasteiger partial charge < -0.3 is 29.9 Å². The van der Waals surface area contributed by atoms with Gasteiger partial charge in [0.05, 0.1) is 12.0 Å². The zero-order valence-corrected chi connectivity index (χ0v) is 12.5. The van der Waals surface area contributed by atoms with Crippen LogP contribution in [0.4, 0.5) is 5.82 Å². The smallest absolute Gasteiger partial charge is 0.167 e. The molecule has 3 unspecified atom stereocenters. The fourth-order valence-corrected chi connectivity index (χ4v) is 3.28. The standard InChI is InChI=1S/C15H18N4O4/c1-15(22)11(21)9(6-20)23-14(15)19-5-8-3-2-4-16-12-10(8)13(19)18-7-17-12/h2-3,5,7,9,11,14,20-22H,4,6H2,1H3,(H,16,17,18)/t9?,11-,14?,15?/m1/s1. The zero-order valence-electron chi connectivity index (χ0n) is 12.5. The van der Waals surface area contributed by atoms with Crippen LogP contribution in [0.25, 0.3) is 17.1 Å². The van der Waals surface area contributed by atoms with E-state index in [0.29, 0.717) is 18.0 Å². The summed E-state index contributed by atoms with van der Waals surface area (Å²) in [7, 11) is 0. The SMILES string of the molecule is CC1(O)C(n2cc3c4c(ncnc42)NCC=C3)OC(CO)[C@H]1O. The van der Waals surface area contributed by atoms with Crippen molar-refractivity contribution in [1.29, 1.82) is 0 Å². The van der Waals surface area contributed by atoms with Gasteiger partial charge in [-0.15, -0.1) is 0 Å². The Labute approximate surface area is 132 Å². The molecule has 122 valence electrons.